The molecule has 1 amide bonds. The summed E-state index contributed by atoms with van der Waals surface area (Å²) >= 11 is 0. The van der Waals surface area contributed by atoms with E-state index < -0.39 is 11.0 Å². The molecule has 0 aliphatic rings. The molecule has 0 saturated heterocycles. The summed E-state index contributed by atoms with van der Waals surface area (Å²) in [5, 5.41) is 20.3. The van der Waals surface area contributed by atoms with Crippen LogP contribution < -0.4 is 4.74 Å². The molecule has 0 aliphatic carbocycles. The summed E-state index contributed by atoms with van der Waals surface area (Å²) in [6, 6.07) is 3.91. The number of likely N-dealkylation sites (N-methyl/N-ethyl adjacent to an activating group) is 1. The van der Waals surface area contributed by atoms with E-state index in [1.54, 1.807) is 7.05 Å². The van der Waals surface area contributed by atoms with Gasteiger partial charge in [-0.05, 0) is 19.9 Å². The fraction of sp³-hybridized carbons (Fsp3) is 0.462. The average molecular weight is 282 g/mol. The van der Waals surface area contributed by atoms with Crippen LogP contribution in [0.5, 0.6) is 5.75 Å². The zero-order chi connectivity index (χ0) is 15.3. The molecule has 1 N–H and O–H groups in total. The van der Waals surface area contributed by atoms with E-state index >= 15 is 0 Å². The van der Waals surface area contributed by atoms with Crippen molar-refractivity contribution >= 4 is 11.6 Å². The zero-order valence-electron chi connectivity index (χ0n) is 11.7. The molecular weight excluding hydrogens is 264 g/mol. The van der Waals surface area contributed by atoms with Crippen molar-refractivity contribution in [1.82, 2.24) is 4.90 Å². The third kappa shape index (κ3) is 3.92. The minimum Gasteiger partial charge on any atom is -0.483 e. The Balaban J connectivity index is 2.89. The van der Waals surface area contributed by atoms with Crippen LogP contribution in [0.1, 0.15) is 25.5 Å². The molecular formula is C13H18N2O5. The number of nitro benzene ring substituents is 1. The Morgan fingerprint density at radius 2 is 2.20 bits per heavy atom. The SMILES string of the molecule is CCN(C)C(=O)COc1ccc([N+](=O)[O-])cc1[C@H](C)O. The molecule has 0 aliphatic heterocycles. The van der Waals surface area contributed by atoms with Crippen molar-refractivity contribution < 1.29 is 19.6 Å². The highest BCUT2D eigenvalue weighted by atomic mass is 16.6. The maximum absolute atomic E-state index is 11.6. The highest BCUT2D eigenvalue weighted by Crippen LogP contribution is 2.29. The zero-order valence-corrected chi connectivity index (χ0v) is 11.7. The molecule has 1 atom stereocenters. The molecule has 0 aromatic heterocycles. The molecule has 0 bridgehead atoms. The van der Waals surface area contributed by atoms with Gasteiger partial charge < -0.3 is 14.7 Å². The second-order valence-electron chi connectivity index (χ2n) is 4.35. The predicted molar refractivity (Wildman–Crippen MR) is 72.5 cm³/mol. The number of aliphatic hydroxyl groups excluding tert-OH is 1. The molecule has 110 valence electrons. The quantitative estimate of drug-likeness (QED) is 0.630. The minimum absolute atomic E-state index is 0.134. The van der Waals surface area contributed by atoms with Crippen molar-refractivity contribution in [3.8, 4) is 5.75 Å². The normalized spacial score (nSPS) is 11.8. The summed E-state index contributed by atoms with van der Waals surface area (Å²) in [6.07, 6.45) is -0.927. The third-order valence-corrected chi connectivity index (χ3v) is 2.91. The van der Waals surface area contributed by atoms with E-state index in [1.807, 2.05) is 6.92 Å². The minimum atomic E-state index is -0.927. The number of aliphatic hydroxyl groups is 1. The van der Waals surface area contributed by atoms with Crippen LogP contribution in [0.3, 0.4) is 0 Å². The summed E-state index contributed by atoms with van der Waals surface area (Å²) in [5.74, 6) is 0.0610. The number of hydrogen-bond acceptors (Lipinski definition) is 5. The lowest BCUT2D eigenvalue weighted by molar-refractivity contribution is -0.385. The fourth-order valence-electron chi connectivity index (χ4n) is 1.53. The number of benzene rings is 1. The van der Waals surface area contributed by atoms with Crippen LogP contribution in [0.4, 0.5) is 5.69 Å². The standard InChI is InChI=1S/C13H18N2O5/c1-4-14(3)13(17)8-20-12-6-5-10(15(18)19)7-11(12)9(2)16/h5-7,9,16H,4,8H2,1-3H3/t9-/m0/s1. The summed E-state index contributed by atoms with van der Waals surface area (Å²) < 4.78 is 5.34. The van der Waals surface area contributed by atoms with Gasteiger partial charge in [-0.15, -0.1) is 0 Å². The largest absolute Gasteiger partial charge is 0.483 e. The molecule has 0 fully saturated rings. The van der Waals surface area contributed by atoms with Gasteiger partial charge in [-0.2, -0.15) is 0 Å². The summed E-state index contributed by atoms with van der Waals surface area (Å²) in [7, 11) is 1.65. The van der Waals surface area contributed by atoms with Crippen molar-refractivity contribution in [1.29, 1.82) is 0 Å². The topological polar surface area (TPSA) is 92.9 Å². The van der Waals surface area contributed by atoms with Gasteiger partial charge in [0.05, 0.1) is 11.0 Å². The highest BCUT2D eigenvalue weighted by molar-refractivity contribution is 5.77. The number of nitro groups is 1. The number of hydrogen-bond donors (Lipinski definition) is 1. The summed E-state index contributed by atoms with van der Waals surface area (Å²) in [5.41, 5.74) is 0.149. The van der Waals surface area contributed by atoms with Gasteiger partial charge >= 0.3 is 0 Å². The van der Waals surface area contributed by atoms with E-state index in [0.717, 1.165) is 0 Å². The van der Waals surface area contributed by atoms with Crippen LogP contribution in [-0.4, -0.2) is 41.0 Å². The van der Waals surface area contributed by atoms with Crippen molar-refractivity contribution in [3.05, 3.63) is 33.9 Å². The van der Waals surface area contributed by atoms with E-state index in [1.165, 1.54) is 30.0 Å². The van der Waals surface area contributed by atoms with Crippen LogP contribution in [-0.2, 0) is 4.79 Å². The lowest BCUT2D eigenvalue weighted by atomic mass is 10.1. The van der Waals surface area contributed by atoms with Crippen molar-refractivity contribution in [2.24, 2.45) is 0 Å². The van der Waals surface area contributed by atoms with Crippen LogP contribution in [0.25, 0.3) is 0 Å². The number of carbonyl (C=O) groups excluding carboxylic acids is 1. The van der Waals surface area contributed by atoms with Gasteiger partial charge in [-0.25, -0.2) is 0 Å². The second-order valence-corrected chi connectivity index (χ2v) is 4.35. The Morgan fingerprint density at radius 3 is 2.70 bits per heavy atom. The number of carbonyl (C=O) groups is 1. The molecule has 0 saturated carbocycles. The maximum Gasteiger partial charge on any atom is 0.270 e. The number of non-ortho nitro benzene ring substituents is 1. The molecule has 0 radical (unpaired) electrons. The van der Waals surface area contributed by atoms with Gasteiger partial charge in [0.25, 0.3) is 11.6 Å². The molecule has 1 aromatic carbocycles. The molecule has 1 aromatic rings. The monoisotopic (exact) mass is 282 g/mol. The van der Waals surface area contributed by atoms with Gasteiger partial charge in [0.1, 0.15) is 5.75 Å². The number of nitrogens with zero attached hydrogens (tertiary/aromatic N) is 2. The second kappa shape index (κ2) is 6.85. The first-order valence-electron chi connectivity index (χ1n) is 6.20. The number of ether oxygens (including phenoxy) is 1. The van der Waals surface area contributed by atoms with Gasteiger partial charge in [-0.3, -0.25) is 14.9 Å². The highest BCUT2D eigenvalue weighted by Gasteiger charge is 2.16. The van der Waals surface area contributed by atoms with Crippen molar-refractivity contribution in [3.63, 3.8) is 0 Å². The van der Waals surface area contributed by atoms with Gasteiger partial charge in [0, 0.05) is 31.3 Å². The average Bonchev–Trinajstić information content (AvgIpc) is 2.43. The molecule has 7 heteroatoms. The van der Waals surface area contributed by atoms with Crippen molar-refractivity contribution in [2.75, 3.05) is 20.2 Å². The van der Waals surface area contributed by atoms with Gasteiger partial charge in [0.15, 0.2) is 6.61 Å². The molecule has 20 heavy (non-hydrogen) atoms. The van der Waals surface area contributed by atoms with Gasteiger partial charge in [-0.1, -0.05) is 0 Å². The first-order valence-corrected chi connectivity index (χ1v) is 6.20. The van der Waals surface area contributed by atoms with Crippen LogP contribution in [0.15, 0.2) is 18.2 Å². The number of rotatable bonds is 6. The van der Waals surface area contributed by atoms with Crippen molar-refractivity contribution in [2.45, 2.75) is 20.0 Å². The molecule has 1 rings (SSSR count). The van der Waals surface area contributed by atoms with E-state index in [0.29, 0.717) is 6.54 Å². The molecule has 0 unspecified atom stereocenters. The third-order valence-electron chi connectivity index (χ3n) is 2.91. The Labute approximate surface area is 116 Å². The number of amides is 1. The lowest BCUT2D eigenvalue weighted by Crippen LogP contribution is -2.31. The predicted octanol–water partition coefficient (Wildman–Crippen LogP) is 1.51. The fourth-order valence-corrected chi connectivity index (χ4v) is 1.53. The Bertz CT molecular complexity index is 502. The molecule has 0 heterocycles. The Hall–Kier alpha value is -2.15. The van der Waals surface area contributed by atoms with E-state index in [2.05, 4.69) is 0 Å². The molecule has 0 spiro atoms. The van der Waals surface area contributed by atoms with Crippen LogP contribution in [0.2, 0.25) is 0 Å². The van der Waals surface area contributed by atoms with E-state index in [9.17, 15) is 20.0 Å². The first-order chi connectivity index (χ1) is 9.36. The maximum atomic E-state index is 11.6. The summed E-state index contributed by atoms with van der Waals surface area (Å²) in [4.78, 5) is 23.3. The Morgan fingerprint density at radius 1 is 1.55 bits per heavy atom. The van der Waals surface area contributed by atoms with Crippen LogP contribution >= 0.6 is 0 Å². The first kappa shape index (κ1) is 15.9. The molecule has 7 nitrogen and oxygen atoms in total. The van der Waals surface area contributed by atoms with Gasteiger partial charge in [0.2, 0.25) is 0 Å². The van der Waals surface area contributed by atoms with E-state index in [-0.39, 0.29) is 29.5 Å². The lowest BCUT2D eigenvalue weighted by Gasteiger charge is -2.17. The summed E-state index contributed by atoms with van der Waals surface area (Å²) in [6.45, 7) is 3.70. The Kier molecular flexibility index (Phi) is 5.45. The van der Waals surface area contributed by atoms with E-state index in [4.69, 9.17) is 4.74 Å². The van der Waals surface area contributed by atoms with Crippen LogP contribution in [0, 0.1) is 10.1 Å². The smallest absolute Gasteiger partial charge is 0.270 e.